The Bertz CT molecular complexity index is 141. The molecule has 0 aliphatic carbocycles. The van der Waals surface area contributed by atoms with Gasteiger partial charge in [-0.3, -0.25) is 4.79 Å². The van der Waals surface area contributed by atoms with Gasteiger partial charge in [0.2, 0.25) is 0 Å². The number of Topliss-reactive ketones (excluding diaryl/α,β-unsaturated/α-hetero) is 1. The highest BCUT2D eigenvalue weighted by Gasteiger charge is 2.16. The van der Waals surface area contributed by atoms with Crippen LogP contribution in [0.25, 0.3) is 0 Å². The van der Waals surface area contributed by atoms with Gasteiger partial charge in [0.15, 0.2) is 6.10 Å². The van der Waals surface area contributed by atoms with Crippen LogP contribution in [0.15, 0.2) is 0 Å². The topological polar surface area (TPSA) is 63.6 Å². The van der Waals surface area contributed by atoms with Gasteiger partial charge in [0.05, 0.1) is 7.11 Å². The van der Waals surface area contributed by atoms with E-state index in [-0.39, 0.29) is 12.2 Å². The van der Waals surface area contributed by atoms with Crippen LogP contribution in [0.4, 0.5) is 0 Å². The minimum absolute atomic E-state index is 0.174. The molecule has 0 radical (unpaired) electrons. The summed E-state index contributed by atoms with van der Waals surface area (Å²) in [4.78, 5) is 20.7. The van der Waals surface area contributed by atoms with Crippen LogP contribution >= 0.6 is 0 Å². The van der Waals surface area contributed by atoms with E-state index in [1.807, 2.05) is 0 Å². The zero-order valence-electron chi connectivity index (χ0n) is 5.96. The number of carbonyl (C=O) groups is 2. The third kappa shape index (κ3) is 3.19. The molecule has 4 heteroatoms. The smallest absolute Gasteiger partial charge is 0.335 e. The first-order chi connectivity index (χ1) is 4.57. The quantitative estimate of drug-likeness (QED) is 0.545. The first kappa shape index (κ1) is 9.10. The van der Waals surface area contributed by atoms with Crippen LogP contribution in [0.3, 0.4) is 0 Å². The van der Waals surface area contributed by atoms with Gasteiger partial charge in [-0.15, -0.1) is 0 Å². The van der Waals surface area contributed by atoms with E-state index in [0.29, 0.717) is 0 Å². The second-order valence-electron chi connectivity index (χ2n) is 1.95. The van der Waals surface area contributed by atoms with Crippen molar-refractivity contribution in [1.29, 1.82) is 0 Å². The molecule has 0 aliphatic heterocycles. The van der Waals surface area contributed by atoms with Crippen LogP contribution in [0, 0.1) is 0 Å². The highest BCUT2D eigenvalue weighted by molar-refractivity contribution is 5.84. The Balaban J connectivity index is 3.72. The van der Waals surface area contributed by atoms with Crippen LogP contribution in [0.2, 0.25) is 0 Å². The van der Waals surface area contributed by atoms with Crippen LogP contribution in [-0.2, 0) is 14.3 Å². The number of hydrogen-bond acceptors (Lipinski definition) is 4. The van der Waals surface area contributed by atoms with Crippen molar-refractivity contribution in [3.8, 4) is 0 Å². The van der Waals surface area contributed by atoms with Crippen molar-refractivity contribution in [2.45, 2.75) is 19.4 Å². The first-order valence-electron chi connectivity index (χ1n) is 2.83. The monoisotopic (exact) mass is 146 g/mol. The summed E-state index contributed by atoms with van der Waals surface area (Å²) in [5.41, 5.74) is 0. The number of esters is 1. The molecule has 0 saturated carbocycles. The van der Waals surface area contributed by atoms with Crippen molar-refractivity contribution in [3.05, 3.63) is 0 Å². The number of hydrogen-bond donors (Lipinski definition) is 1. The van der Waals surface area contributed by atoms with E-state index in [4.69, 9.17) is 5.11 Å². The first-order valence-corrected chi connectivity index (χ1v) is 2.83. The molecule has 0 saturated heterocycles. The fourth-order valence-corrected chi connectivity index (χ4v) is 0.492. The van der Waals surface area contributed by atoms with Gasteiger partial charge in [0.25, 0.3) is 0 Å². The lowest BCUT2D eigenvalue weighted by Gasteiger charge is -2.03. The van der Waals surface area contributed by atoms with E-state index in [2.05, 4.69) is 4.74 Å². The predicted octanol–water partition coefficient (Wildman–Crippen LogP) is -0.501. The summed E-state index contributed by atoms with van der Waals surface area (Å²) in [5, 5.41) is 8.79. The van der Waals surface area contributed by atoms with Gasteiger partial charge >= 0.3 is 5.97 Å². The lowest BCUT2D eigenvalue weighted by atomic mass is 10.2. The zero-order chi connectivity index (χ0) is 8.15. The molecule has 4 nitrogen and oxygen atoms in total. The van der Waals surface area contributed by atoms with Gasteiger partial charge in [0, 0.05) is 6.42 Å². The average Bonchev–Trinajstić information content (AvgIpc) is 1.85. The number of ketones is 1. The Morgan fingerprint density at radius 1 is 1.60 bits per heavy atom. The molecule has 0 heterocycles. The second-order valence-corrected chi connectivity index (χ2v) is 1.95. The number of ether oxygens (including phenoxy) is 1. The van der Waals surface area contributed by atoms with E-state index >= 15 is 0 Å². The zero-order valence-corrected chi connectivity index (χ0v) is 5.96. The van der Waals surface area contributed by atoms with Crippen molar-refractivity contribution >= 4 is 11.8 Å². The van der Waals surface area contributed by atoms with E-state index in [1.165, 1.54) is 6.92 Å². The molecule has 10 heavy (non-hydrogen) atoms. The summed E-state index contributed by atoms with van der Waals surface area (Å²) < 4.78 is 4.17. The highest BCUT2D eigenvalue weighted by atomic mass is 16.5. The standard InChI is InChI=1S/C6H10O4/c1-4(7)3-5(8)6(9)10-2/h5,8H,3H2,1-2H3. The maximum Gasteiger partial charge on any atom is 0.335 e. The summed E-state index contributed by atoms with van der Waals surface area (Å²) in [5.74, 6) is -1.01. The minimum atomic E-state index is -1.30. The molecule has 0 spiro atoms. The van der Waals surface area contributed by atoms with Crippen LogP contribution in [-0.4, -0.2) is 30.1 Å². The Morgan fingerprint density at radius 2 is 2.10 bits per heavy atom. The lowest BCUT2D eigenvalue weighted by molar-refractivity contribution is -0.152. The second kappa shape index (κ2) is 4.00. The highest BCUT2D eigenvalue weighted by Crippen LogP contribution is 1.94. The van der Waals surface area contributed by atoms with Gasteiger partial charge in [-0.05, 0) is 6.92 Å². The van der Waals surface area contributed by atoms with Crippen molar-refractivity contribution in [2.24, 2.45) is 0 Å². The average molecular weight is 146 g/mol. The summed E-state index contributed by atoms with van der Waals surface area (Å²) in [6, 6.07) is 0. The van der Waals surface area contributed by atoms with E-state index in [9.17, 15) is 9.59 Å². The molecule has 0 rings (SSSR count). The molecular formula is C6H10O4. The maximum absolute atomic E-state index is 10.4. The van der Waals surface area contributed by atoms with Gasteiger partial charge < -0.3 is 9.84 Å². The molecule has 0 aromatic carbocycles. The van der Waals surface area contributed by atoms with Gasteiger partial charge in [-0.25, -0.2) is 4.79 Å². The Hall–Kier alpha value is -0.900. The number of rotatable bonds is 3. The molecule has 1 atom stereocenters. The molecule has 1 unspecified atom stereocenters. The maximum atomic E-state index is 10.4. The van der Waals surface area contributed by atoms with Gasteiger partial charge in [-0.2, -0.15) is 0 Å². The van der Waals surface area contributed by atoms with Gasteiger partial charge in [0.1, 0.15) is 5.78 Å². The predicted molar refractivity (Wildman–Crippen MR) is 33.3 cm³/mol. The number of methoxy groups -OCH3 is 1. The third-order valence-electron chi connectivity index (χ3n) is 0.954. The van der Waals surface area contributed by atoms with Crippen molar-refractivity contribution in [2.75, 3.05) is 7.11 Å². The molecule has 0 fully saturated rings. The molecule has 0 amide bonds. The fourth-order valence-electron chi connectivity index (χ4n) is 0.492. The van der Waals surface area contributed by atoms with Crippen molar-refractivity contribution in [3.63, 3.8) is 0 Å². The largest absolute Gasteiger partial charge is 0.467 e. The van der Waals surface area contributed by atoms with Gasteiger partial charge in [-0.1, -0.05) is 0 Å². The summed E-state index contributed by atoms with van der Waals surface area (Å²) in [6.07, 6.45) is -1.48. The Labute approximate surface area is 58.8 Å². The van der Waals surface area contributed by atoms with Crippen LogP contribution in [0.1, 0.15) is 13.3 Å². The summed E-state index contributed by atoms with van der Waals surface area (Å²) in [7, 11) is 1.16. The number of carbonyl (C=O) groups excluding carboxylic acids is 2. The molecule has 0 aromatic rings. The third-order valence-corrected chi connectivity index (χ3v) is 0.954. The Morgan fingerprint density at radius 3 is 2.40 bits per heavy atom. The minimum Gasteiger partial charge on any atom is -0.467 e. The lowest BCUT2D eigenvalue weighted by Crippen LogP contribution is -2.23. The molecule has 0 aliphatic rings. The molecule has 0 aromatic heterocycles. The Kier molecular flexibility index (Phi) is 3.64. The normalized spacial score (nSPS) is 12.3. The summed E-state index contributed by atoms with van der Waals surface area (Å²) in [6.45, 7) is 1.30. The molecule has 58 valence electrons. The van der Waals surface area contributed by atoms with Crippen molar-refractivity contribution < 1.29 is 19.4 Å². The van der Waals surface area contributed by atoms with E-state index in [0.717, 1.165) is 7.11 Å². The van der Waals surface area contributed by atoms with Crippen LogP contribution < -0.4 is 0 Å². The van der Waals surface area contributed by atoms with E-state index in [1.54, 1.807) is 0 Å². The number of aliphatic hydroxyl groups is 1. The van der Waals surface area contributed by atoms with Crippen molar-refractivity contribution in [1.82, 2.24) is 0 Å². The molecular weight excluding hydrogens is 136 g/mol. The fraction of sp³-hybridized carbons (Fsp3) is 0.667. The van der Waals surface area contributed by atoms with Crippen LogP contribution in [0.5, 0.6) is 0 Å². The molecule has 1 N–H and O–H groups in total. The molecule has 0 bridgehead atoms. The number of aliphatic hydroxyl groups excluding tert-OH is 1. The summed E-state index contributed by atoms with van der Waals surface area (Å²) >= 11 is 0. The van der Waals surface area contributed by atoms with E-state index < -0.39 is 12.1 Å². The SMILES string of the molecule is COC(=O)C(O)CC(C)=O.